The number of primary amides is 1. The van der Waals surface area contributed by atoms with Crippen LogP contribution < -0.4 is 15.8 Å². The highest BCUT2D eigenvalue weighted by Crippen LogP contribution is 2.17. The summed E-state index contributed by atoms with van der Waals surface area (Å²) in [6, 6.07) is 5.47. The second-order valence-electron chi connectivity index (χ2n) is 3.87. The summed E-state index contributed by atoms with van der Waals surface area (Å²) in [5, 5.41) is 11.0. The lowest BCUT2D eigenvalue weighted by atomic mass is 10.2. The van der Waals surface area contributed by atoms with Crippen molar-refractivity contribution >= 4 is 33.7 Å². The molecule has 7 nitrogen and oxygen atoms in total. The van der Waals surface area contributed by atoms with Crippen molar-refractivity contribution in [2.75, 3.05) is 6.61 Å². The number of amides is 2. The number of carboxylic acids is 1. The number of aliphatic carboxylic acids is 1. The molecule has 0 aliphatic rings. The first-order chi connectivity index (χ1) is 9.38. The normalized spacial score (nSPS) is 11.4. The summed E-state index contributed by atoms with van der Waals surface area (Å²) in [7, 11) is 0. The average molecular weight is 345 g/mol. The average Bonchev–Trinajstić information content (AvgIpc) is 2.35. The predicted molar refractivity (Wildman–Crippen MR) is 73.0 cm³/mol. The first-order valence-electron chi connectivity index (χ1n) is 5.57. The van der Waals surface area contributed by atoms with Crippen molar-refractivity contribution in [2.45, 2.75) is 12.5 Å². The van der Waals surface area contributed by atoms with E-state index in [2.05, 4.69) is 21.2 Å². The highest BCUT2D eigenvalue weighted by Gasteiger charge is 2.22. The zero-order valence-electron chi connectivity index (χ0n) is 10.3. The van der Waals surface area contributed by atoms with Gasteiger partial charge in [0.05, 0.1) is 6.42 Å². The second-order valence-corrected chi connectivity index (χ2v) is 4.79. The number of nitrogens with one attached hydrogen (secondary N) is 1. The van der Waals surface area contributed by atoms with Crippen molar-refractivity contribution in [1.29, 1.82) is 0 Å². The molecule has 4 N–H and O–H groups in total. The van der Waals surface area contributed by atoms with Gasteiger partial charge in [-0.3, -0.25) is 9.59 Å². The van der Waals surface area contributed by atoms with Crippen LogP contribution >= 0.6 is 15.9 Å². The third-order valence-electron chi connectivity index (χ3n) is 2.20. The van der Waals surface area contributed by atoms with Gasteiger partial charge >= 0.3 is 5.97 Å². The number of carbonyl (C=O) groups excluding carboxylic acids is 2. The van der Waals surface area contributed by atoms with Crippen LogP contribution in [-0.4, -0.2) is 35.5 Å². The Morgan fingerprint density at radius 2 is 2.10 bits per heavy atom. The van der Waals surface area contributed by atoms with E-state index in [1.54, 1.807) is 24.3 Å². The monoisotopic (exact) mass is 344 g/mol. The maximum atomic E-state index is 11.5. The zero-order chi connectivity index (χ0) is 15.1. The lowest BCUT2D eigenvalue weighted by Crippen LogP contribution is -2.45. The summed E-state index contributed by atoms with van der Waals surface area (Å²) in [5.74, 6) is -2.35. The summed E-state index contributed by atoms with van der Waals surface area (Å²) in [5.41, 5.74) is 4.90. The maximum absolute atomic E-state index is 11.5. The van der Waals surface area contributed by atoms with E-state index in [4.69, 9.17) is 15.6 Å². The van der Waals surface area contributed by atoms with Crippen LogP contribution in [0.4, 0.5) is 0 Å². The largest absolute Gasteiger partial charge is 0.484 e. The number of hydrogen-bond donors (Lipinski definition) is 3. The molecule has 0 aliphatic heterocycles. The van der Waals surface area contributed by atoms with Crippen LogP contribution in [0.1, 0.15) is 6.42 Å². The molecule has 108 valence electrons. The van der Waals surface area contributed by atoms with Gasteiger partial charge in [-0.05, 0) is 18.2 Å². The van der Waals surface area contributed by atoms with E-state index in [1.165, 1.54) is 0 Å². The Morgan fingerprint density at radius 1 is 1.40 bits per heavy atom. The molecule has 1 aromatic rings. The van der Waals surface area contributed by atoms with Crippen molar-refractivity contribution in [1.82, 2.24) is 5.32 Å². The summed E-state index contributed by atoms with van der Waals surface area (Å²) in [6.07, 6.45) is -0.474. The number of hydrogen-bond acceptors (Lipinski definition) is 4. The smallest absolute Gasteiger partial charge is 0.326 e. The van der Waals surface area contributed by atoms with Crippen molar-refractivity contribution in [3.05, 3.63) is 28.7 Å². The minimum atomic E-state index is -1.36. The number of halogens is 1. The maximum Gasteiger partial charge on any atom is 0.326 e. The first kappa shape index (κ1) is 16.0. The van der Waals surface area contributed by atoms with Gasteiger partial charge in [-0.15, -0.1) is 0 Å². The Kier molecular flexibility index (Phi) is 5.98. The van der Waals surface area contributed by atoms with Crippen LogP contribution in [0.5, 0.6) is 5.75 Å². The van der Waals surface area contributed by atoms with Gasteiger partial charge < -0.3 is 20.9 Å². The van der Waals surface area contributed by atoms with Gasteiger partial charge in [0.15, 0.2) is 6.61 Å². The number of carbonyl (C=O) groups is 3. The van der Waals surface area contributed by atoms with E-state index in [1.807, 2.05) is 0 Å². The van der Waals surface area contributed by atoms with Crippen LogP contribution in [0.25, 0.3) is 0 Å². The second kappa shape index (κ2) is 7.49. The van der Waals surface area contributed by atoms with Crippen LogP contribution in [0.3, 0.4) is 0 Å². The predicted octanol–water partition coefficient (Wildman–Crippen LogP) is 0.273. The van der Waals surface area contributed by atoms with Crippen LogP contribution in [0, 0.1) is 0 Å². The molecule has 8 heteroatoms. The van der Waals surface area contributed by atoms with Gasteiger partial charge in [0, 0.05) is 4.47 Å². The highest BCUT2D eigenvalue weighted by molar-refractivity contribution is 9.10. The molecule has 0 fully saturated rings. The molecule has 0 heterocycles. The Morgan fingerprint density at radius 3 is 2.65 bits per heavy atom. The third kappa shape index (κ3) is 5.70. The fourth-order valence-electron chi connectivity index (χ4n) is 1.34. The highest BCUT2D eigenvalue weighted by atomic mass is 79.9. The van der Waals surface area contributed by atoms with Gasteiger partial charge in [0.2, 0.25) is 5.91 Å². The molecule has 1 rings (SSSR count). The topological polar surface area (TPSA) is 119 Å². The molecule has 0 bridgehead atoms. The third-order valence-corrected chi connectivity index (χ3v) is 2.70. The van der Waals surface area contributed by atoms with Crippen LogP contribution in [-0.2, 0) is 14.4 Å². The molecule has 2 amide bonds. The fraction of sp³-hybridized carbons (Fsp3) is 0.250. The quantitative estimate of drug-likeness (QED) is 0.656. The van der Waals surface area contributed by atoms with Gasteiger partial charge in [0.1, 0.15) is 11.8 Å². The number of rotatable bonds is 7. The Bertz CT molecular complexity index is 520. The van der Waals surface area contributed by atoms with Crippen LogP contribution in [0.2, 0.25) is 0 Å². The Balaban J connectivity index is 2.49. The number of nitrogens with two attached hydrogens (primary N) is 1. The van der Waals surface area contributed by atoms with Gasteiger partial charge in [-0.1, -0.05) is 22.0 Å². The SMILES string of the molecule is NC(=O)C[C@H](NC(=O)COc1cccc(Br)c1)C(=O)O. The van der Waals surface area contributed by atoms with E-state index < -0.39 is 30.2 Å². The standard InChI is InChI=1S/C12H13BrN2O5/c13-7-2-1-3-8(4-7)20-6-11(17)15-9(12(18)19)5-10(14)16/h1-4,9H,5-6H2,(H2,14,16)(H,15,17)(H,18,19)/t9-/m0/s1. The lowest BCUT2D eigenvalue weighted by molar-refractivity contribution is -0.143. The molecular weight excluding hydrogens is 332 g/mol. The summed E-state index contributed by atoms with van der Waals surface area (Å²) >= 11 is 3.25. The molecule has 0 aromatic heterocycles. The molecule has 0 saturated heterocycles. The van der Waals surface area contributed by atoms with Gasteiger partial charge in [0.25, 0.3) is 5.91 Å². The molecule has 0 aliphatic carbocycles. The first-order valence-corrected chi connectivity index (χ1v) is 6.36. The van der Waals surface area contributed by atoms with E-state index in [0.717, 1.165) is 4.47 Å². The molecule has 1 aromatic carbocycles. The fourth-order valence-corrected chi connectivity index (χ4v) is 1.72. The van der Waals surface area contributed by atoms with Crippen molar-refractivity contribution in [2.24, 2.45) is 5.73 Å². The van der Waals surface area contributed by atoms with Gasteiger partial charge in [-0.25, -0.2) is 4.79 Å². The van der Waals surface area contributed by atoms with E-state index in [0.29, 0.717) is 5.75 Å². The van der Waals surface area contributed by atoms with Crippen LogP contribution in [0.15, 0.2) is 28.7 Å². The zero-order valence-corrected chi connectivity index (χ0v) is 11.9. The molecule has 1 atom stereocenters. The molecule has 0 radical (unpaired) electrons. The Hall–Kier alpha value is -2.09. The summed E-state index contributed by atoms with van der Waals surface area (Å²) in [4.78, 5) is 33.0. The van der Waals surface area contributed by atoms with Gasteiger partial charge in [-0.2, -0.15) is 0 Å². The molecular formula is C12H13BrN2O5. The lowest BCUT2D eigenvalue weighted by Gasteiger charge is -2.13. The Labute approximate surface area is 123 Å². The minimum Gasteiger partial charge on any atom is -0.484 e. The van der Waals surface area contributed by atoms with Crippen molar-refractivity contribution in [3.63, 3.8) is 0 Å². The number of carboxylic acid groups (broad SMARTS) is 1. The van der Waals surface area contributed by atoms with Crippen molar-refractivity contribution < 1.29 is 24.2 Å². The van der Waals surface area contributed by atoms with E-state index in [9.17, 15) is 14.4 Å². The number of benzene rings is 1. The van der Waals surface area contributed by atoms with E-state index in [-0.39, 0.29) is 6.61 Å². The minimum absolute atomic E-state index is 0.362. The molecule has 20 heavy (non-hydrogen) atoms. The summed E-state index contributed by atoms with van der Waals surface area (Å²) in [6.45, 7) is -0.362. The van der Waals surface area contributed by atoms with E-state index >= 15 is 0 Å². The van der Waals surface area contributed by atoms with Crippen molar-refractivity contribution in [3.8, 4) is 5.75 Å². The molecule has 0 spiro atoms. The number of ether oxygens (including phenoxy) is 1. The summed E-state index contributed by atoms with van der Waals surface area (Å²) < 4.78 is 5.97. The molecule has 0 unspecified atom stereocenters. The molecule has 0 saturated carbocycles.